The minimum absolute atomic E-state index is 0.0167. The molecule has 0 spiro atoms. The Morgan fingerprint density at radius 3 is 2.35 bits per heavy atom. The lowest BCUT2D eigenvalue weighted by Gasteiger charge is -2.40. The molecule has 0 saturated carbocycles. The van der Waals surface area contributed by atoms with Crippen LogP contribution in [0.4, 0.5) is 5.69 Å². The third-order valence-corrected chi connectivity index (χ3v) is 12.1. The summed E-state index contributed by atoms with van der Waals surface area (Å²) in [5.41, 5.74) is 6.41. The molecule has 13 heteroatoms. The van der Waals surface area contributed by atoms with Crippen LogP contribution in [0.15, 0.2) is 29.6 Å². The lowest BCUT2D eigenvalue weighted by molar-refractivity contribution is -0.147. The number of rotatable bonds is 22. The van der Waals surface area contributed by atoms with Gasteiger partial charge in [-0.3, -0.25) is 24.1 Å². The standard InChI is InChI=1S/C42H68N6O6S/c1-9-11-12-14-22-48(40(52)36(28(5)10-2)46-38(51)33-16-13-15-21-47(33)8)34(27(3)4)24-35(49)39-45-32(26-55-39)37(50)44-31(25-42(6,7)41(53)54)23-29-17-19-30(43)20-18-29/h17-20,26-28,31,33-36,49H,9-16,21-25,43H2,1-8H3,(H,44,50)(H,46,51)(H,53,54)/t28-,31-,33+,34+,35+,36-/m0/s1. The molecule has 1 saturated heterocycles. The van der Waals surface area contributed by atoms with Gasteiger partial charge in [-0.2, -0.15) is 0 Å². The van der Waals surface area contributed by atoms with Crippen molar-refractivity contribution >= 4 is 40.7 Å². The van der Waals surface area contributed by atoms with Crippen LogP contribution in [0.5, 0.6) is 0 Å². The number of unbranched alkanes of at least 4 members (excludes halogenated alkanes) is 3. The maximum absolute atomic E-state index is 14.7. The molecule has 12 nitrogen and oxygen atoms in total. The molecule has 2 heterocycles. The van der Waals surface area contributed by atoms with E-state index in [1.165, 1.54) is 11.3 Å². The number of hydrogen-bond donors (Lipinski definition) is 5. The first-order chi connectivity index (χ1) is 26.0. The van der Waals surface area contributed by atoms with Crippen molar-refractivity contribution in [3.63, 3.8) is 0 Å². The summed E-state index contributed by atoms with van der Waals surface area (Å²) in [7, 11) is 1.97. The first-order valence-electron chi connectivity index (χ1n) is 20.3. The molecule has 1 aliphatic heterocycles. The van der Waals surface area contributed by atoms with Crippen molar-refractivity contribution in [3.8, 4) is 0 Å². The van der Waals surface area contributed by atoms with Crippen LogP contribution in [0, 0.1) is 17.3 Å². The number of nitrogens with zero attached hydrogens (tertiary/aromatic N) is 3. The van der Waals surface area contributed by atoms with Gasteiger partial charge < -0.3 is 31.5 Å². The molecular formula is C42H68N6O6S. The molecule has 0 bridgehead atoms. The fraction of sp³-hybridized carbons (Fsp3) is 0.690. The molecule has 6 atom stereocenters. The number of thiazole rings is 1. The van der Waals surface area contributed by atoms with Crippen molar-refractivity contribution in [1.82, 2.24) is 25.4 Å². The molecule has 3 rings (SSSR count). The monoisotopic (exact) mass is 784 g/mol. The number of aliphatic hydroxyl groups excluding tert-OH is 1. The predicted molar refractivity (Wildman–Crippen MR) is 220 cm³/mol. The van der Waals surface area contributed by atoms with E-state index in [1.807, 2.05) is 51.8 Å². The third kappa shape index (κ3) is 13.6. The lowest BCUT2D eigenvalue weighted by Crippen LogP contribution is -2.58. The van der Waals surface area contributed by atoms with Gasteiger partial charge >= 0.3 is 5.97 Å². The Balaban J connectivity index is 1.83. The van der Waals surface area contributed by atoms with Crippen LogP contribution in [0.1, 0.15) is 140 Å². The molecule has 55 heavy (non-hydrogen) atoms. The van der Waals surface area contributed by atoms with Crippen LogP contribution in [0.2, 0.25) is 0 Å². The Morgan fingerprint density at radius 2 is 1.75 bits per heavy atom. The van der Waals surface area contributed by atoms with E-state index in [9.17, 15) is 29.4 Å². The number of carboxylic acid groups (broad SMARTS) is 1. The molecular weight excluding hydrogens is 717 g/mol. The van der Waals surface area contributed by atoms with Crippen molar-refractivity contribution in [2.45, 2.75) is 149 Å². The van der Waals surface area contributed by atoms with E-state index in [0.717, 1.165) is 57.1 Å². The average Bonchev–Trinajstić information content (AvgIpc) is 3.64. The maximum atomic E-state index is 14.7. The highest BCUT2D eigenvalue weighted by Crippen LogP contribution is 2.30. The van der Waals surface area contributed by atoms with Crippen molar-refractivity contribution in [1.29, 1.82) is 0 Å². The van der Waals surface area contributed by atoms with Crippen molar-refractivity contribution in [3.05, 3.63) is 45.9 Å². The Kier molecular flexibility index (Phi) is 18.1. The first-order valence-corrected chi connectivity index (χ1v) is 21.2. The molecule has 6 N–H and O–H groups in total. The molecule has 1 aliphatic rings. The Morgan fingerprint density at radius 1 is 1.05 bits per heavy atom. The Labute approximate surface area is 333 Å². The van der Waals surface area contributed by atoms with Gasteiger partial charge in [0.2, 0.25) is 11.8 Å². The number of piperidine rings is 1. The quantitative estimate of drug-likeness (QED) is 0.0664. The highest BCUT2D eigenvalue weighted by atomic mass is 32.1. The summed E-state index contributed by atoms with van der Waals surface area (Å²) in [6.07, 6.45) is 7.15. The number of nitrogen functional groups attached to an aromatic ring is 1. The van der Waals surface area contributed by atoms with Gasteiger partial charge in [0.15, 0.2) is 0 Å². The predicted octanol–water partition coefficient (Wildman–Crippen LogP) is 6.44. The summed E-state index contributed by atoms with van der Waals surface area (Å²) in [6.45, 7) is 14.9. The van der Waals surface area contributed by atoms with Crippen LogP contribution in [0.3, 0.4) is 0 Å². The highest BCUT2D eigenvalue weighted by Gasteiger charge is 2.38. The lowest BCUT2D eigenvalue weighted by atomic mass is 9.84. The number of hydrogen-bond acceptors (Lipinski definition) is 9. The fourth-order valence-corrected chi connectivity index (χ4v) is 8.17. The van der Waals surface area contributed by atoms with E-state index in [1.54, 1.807) is 31.4 Å². The Hall–Kier alpha value is -3.55. The second-order valence-corrected chi connectivity index (χ2v) is 17.5. The van der Waals surface area contributed by atoms with Gasteiger partial charge in [0.25, 0.3) is 5.91 Å². The molecule has 2 aromatic rings. The molecule has 308 valence electrons. The number of aliphatic carboxylic acids is 1. The van der Waals surface area contributed by atoms with Crippen LogP contribution in [-0.4, -0.2) is 93.0 Å². The molecule has 1 aromatic heterocycles. The number of carboxylic acids is 1. The SMILES string of the molecule is CCCCCCN(C(=O)[C@@H](NC(=O)[C@H]1CCCCN1C)[C@@H](C)CC)[C@H](C[C@@H](O)c1nc(C(=O)N[C@@H](Cc2ccc(N)cc2)CC(C)(C)C(=O)O)cs1)C(C)C. The number of benzene rings is 1. The summed E-state index contributed by atoms with van der Waals surface area (Å²) in [6, 6.07) is 5.44. The van der Waals surface area contributed by atoms with E-state index in [4.69, 9.17) is 5.73 Å². The highest BCUT2D eigenvalue weighted by molar-refractivity contribution is 7.09. The van der Waals surface area contributed by atoms with E-state index in [0.29, 0.717) is 30.1 Å². The fourth-order valence-electron chi connectivity index (χ4n) is 7.37. The number of anilines is 1. The van der Waals surface area contributed by atoms with E-state index in [-0.39, 0.29) is 54.3 Å². The number of aliphatic hydroxyl groups is 1. The molecule has 0 aliphatic carbocycles. The van der Waals surface area contributed by atoms with Crippen LogP contribution in [-0.2, 0) is 20.8 Å². The smallest absolute Gasteiger partial charge is 0.309 e. The zero-order valence-corrected chi connectivity index (χ0v) is 35.3. The van der Waals surface area contributed by atoms with Crippen molar-refractivity contribution in [2.75, 3.05) is 25.9 Å². The van der Waals surface area contributed by atoms with Gasteiger partial charge in [0, 0.05) is 36.1 Å². The van der Waals surface area contributed by atoms with E-state index < -0.39 is 35.5 Å². The summed E-state index contributed by atoms with van der Waals surface area (Å²) >= 11 is 1.18. The van der Waals surface area contributed by atoms with Crippen LogP contribution >= 0.6 is 11.3 Å². The second kappa shape index (κ2) is 21.7. The molecule has 0 unspecified atom stereocenters. The summed E-state index contributed by atoms with van der Waals surface area (Å²) < 4.78 is 0. The Bertz CT molecular complexity index is 1530. The summed E-state index contributed by atoms with van der Waals surface area (Å²) in [5.74, 6) is -1.76. The normalized spacial score (nSPS) is 17.9. The zero-order chi connectivity index (χ0) is 40.9. The summed E-state index contributed by atoms with van der Waals surface area (Å²) in [5, 5.41) is 29.6. The van der Waals surface area contributed by atoms with E-state index in [2.05, 4.69) is 27.4 Å². The topological polar surface area (TPSA) is 178 Å². The second-order valence-electron chi connectivity index (χ2n) is 16.6. The van der Waals surface area contributed by atoms with Gasteiger partial charge in [0.1, 0.15) is 22.8 Å². The van der Waals surface area contributed by atoms with Crippen molar-refractivity contribution < 1.29 is 29.4 Å². The number of carbonyl (C=O) groups excluding carboxylic acids is 3. The number of likely N-dealkylation sites (N-methyl/N-ethyl adjacent to an activating group) is 1. The first kappa shape index (κ1) is 45.8. The largest absolute Gasteiger partial charge is 0.481 e. The zero-order valence-electron chi connectivity index (χ0n) is 34.5. The number of amides is 3. The average molecular weight is 785 g/mol. The minimum Gasteiger partial charge on any atom is -0.481 e. The van der Waals surface area contributed by atoms with Crippen molar-refractivity contribution in [2.24, 2.45) is 17.3 Å². The maximum Gasteiger partial charge on any atom is 0.309 e. The van der Waals surface area contributed by atoms with Gasteiger partial charge in [0.05, 0.1) is 11.5 Å². The number of nitrogens with two attached hydrogens (primary N) is 1. The molecule has 1 aromatic carbocycles. The number of aromatic nitrogens is 1. The van der Waals surface area contributed by atoms with Crippen LogP contribution < -0.4 is 16.4 Å². The van der Waals surface area contributed by atoms with Gasteiger partial charge in [-0.25, -0.2) is 4.98 Å². The van der Waals surface area contributed by atoms with Gasteiger partial charge in [-0.1, -0.05) is 78.9 Å². The summed E-state index contributed by atoms with van der Waals surface area (Å²) in [4.78, 5) is 62.4. The van der Waals surface area contributed by atoms with Gasteiger partial charge in [-0.15, -0.1) is 11.3 Å². The third-order valence-electron chi connectivity index (χ3n) is 11.2. The van der Waals surface area contributed by atoms with E-state index >= 15 is 0 Å². The van der Waals surface area contributed by atoms with Gasteiger partial charge in [-0.05, 0) is 89.1 Å². The number of carbonyl (C=O) groups is 4. The van der Waals surface area contributed by atoms with Crippen LogP contribution in [0.25, 0.3) is 0 Å². The minimum atomic E-state index is -1.09. The number of nitrogens with one attached hydrogen (secondary N) is 2. The molecule has 0 radical (unpaired) electrons. The molecule has 1 fully saturated rings. The molecule has 3 amide bonds. The number of likely N-dealkylation sites (tertiary alicyclic amines) is 1.